The first-order chi connectivity index (χ1) is 13.1. The highest BCUT2D eigenvalue weighted by atomic mass is 14.2. The van der Waals surface area contributed by atoms with Gasteiger partial charge in [-0.15, -0.1) is 0 Å². The predicted molar refractivity (Wildman–Crippen MR) is 118 cm³/mol. The van der Waals surface area contributed by atoms with Crippen LogP contribution >= 0.6 is 0 Å². The van der Waals surface area contributed by atoms with Gasteiger partial charge in [-0.05, 0) is 94.0 Å². The zero-order chi connectivity index (χ0) is 18.5. The first kappa shape index (κ1) is 16.6. The molecule has 0 radical (unpaired) electrons. The Morgan fingerprint density at radius 2 is 1.52 bits per heavy atom. The Balaban J connectivity index is 1.84. The lowest BCUT2D eigenvalue weighted by atomic mass is 9.81. The van der Waals surface area contributed by atoms with Crippen LogP contribution in [0.3, 0.4) is 0 Å². The van der Waals surface area contributed by atoms with Gasteiger partial charge in [-0.1, -0.05) is 67.6 Å². The molecule has 0 nitrogen and oxygen atoms in total. The molecule has 0 aromatic heterocycles. The molecule has 5 rings (SSSR count). The minimum absolute atomic E-state index is 0.806. The zero-order valence-corrected chi connectivity index (χ0v) is 16.5. The van der Waals surface area contributed by atoms with E-state index in [0.29, 0.717) is 0 Å². The van der Waals surface area contributed by atoms with E-state index < -0.39 is 0 Å². The summed E-state index contributed by atoms with van der Waals surface area (Å²) in [5, 5.41) is 5.59. The highest BCUT2D eigenvalue weighted by Crippen LogP contribution is 2.39. The van der Waals surface area contributed by atoms with Crippen molar-refractivity contribution in [3.05, 3.63) is 82.9 Å². The number of benzene rings is 4. The van der Waals surface area contributed by atoms with Crippen molar-refractivity contribution >= 4 is 21.5 Å². The predicted octanol–water partition coefficient (Wildman–Crippen LogP) is 7.40. The molecule has 1 aliphatic carbocycles. The lowest BCUT2D eigenvalue weighted by Gasteiger charge is -2.24. The minimum atomic E-state index is 0.806. The van der Waals surface area contributed by atoms with Crippen LogP contribution < -0.4 is 0 Å². The molecule has 0 bridgehead atoms. The van der Waals surface area contributed by atoms with E-state index in [2.05, 4.69) is 81.4 Å². The third-order valence-electron chi connectivity index (χ3n) is 6.38. The molecular formula is C27H26. The highest BCUT2D eigenvalue weighted by Gasteiger charge is 2.19. The molecule has 0 fully saturated rings. The maximum absolute atomic E-state index is 2.41. The van der Waals surface area contributed by atoms with Gasteiger partial charge in [0.05, 0.1) is 0 Å². The SMILES string of the molecule is Cc1cc(-c2ccc(C)c3ccccc23)c2ccc3c(c2c1)CCC(C)C3. The summed E-state index contributed by atoms with van der Waals surface area (Å²) in [6.45, 7) is 6.83. The summed E-state index contributed by atoms with van der Waals surface area (Å²) >= 11 is 0. The van der Waals surface area contributed by atoms with Crippen molar-refractivity contribution in [1.29, 1.82) is 0 Å². The number of aryl methyl sites for hydroxylation is 3. The molecule has 0 spiro atoms. The molecule has 1 atom stereocenters. The number of hydrogen-bond acceptors (Lipinski definition) is 0. The van der Waals surface area contributed by atoms with Crippen molar-refractivity contribution in [3.63, 3.8) is 0 Å². The van der Waals surface area contributed by atoms with Crippen LogP contribution in [0, 0.1) is 19.8 Å². The fourth-order valence-electron chi connectivity index (χ4n) is 4.95. The van der Waals surface area contributed by atoms with E-state index in [-0.39, 0.29) is 0 Å². The van der Waals surface area contributed by atoms with Gasteiger partial charge < -0.3 is 0 Å². The molecule has 0 aliphatic heterocycles. The maximum atomic E-state index is 2.41. The Morgan fingerprint density at radius 1 is 0.741 bits per heavy atom. The molecule has 0 heterocycles. The molecule has 0 N–H and O–H groups in total. The van der Waals surface area contributed by atoms with Gasteiger partial charge in [0, 0.05) is 0 Å². The van der Waals surface area contributed by atoms with Crippen LogP contribution in [0.5, 0.6) is 0 Å². The van der Waals surface area contributed by atoms with Gasteiger partial charge in [0.15, 0.2) is 0 Å². The number of hydrogen-bond donors (Lipinski definition) is 0. The first-order valence-corrected chi connectivity index (χ1v) is 10.2. The summed E-state index contributed by atoms with van der Waals surface area (Å²) in [7, 11) is 0. The number of fused-ring (bicyclic) bond motifs is 4. The Morgan fingerprint density at radius 3 is 2.37 bits per heavy atom. The molecule has 0 amide bonds. The average Bonchev–Trinajstić information content (AvgIpc) is 2.67. The van der Waals surface area contributed by atoms with Crippen molar-refractivity contribution < 1.29 is 0 Å². The van der Waals surface area contributed by atoms with Gasteiger partial charge in [0.2, 0.25) is 0 Å². The summed E-state index contributed by atoms with van der Waals surface area (Å²) in [6, 6.07) is 22.9. The van der Waals surface area contributed by atoms with E-state index in [1.165, 1.54) is 63.1 Å². The summed E-state index contributed by atoms with van der Waals surface area (Å²) < 4.78 is 0. The summed E-state index contributed by atoms with van der Waals surface area (Å²) in [5.41, 5.74) is 8.59. The topological polar surface area (TPSA) is 0 Å². The van der Waals surface area contributed by atoms with E-state index in [1.54, 1.807) is 11.1 Å². The number of rotatable bonds is 1. The normalized spacial score (nSPS) is 16.6. The molecule has 0 saturated heterocycles. The van der Waals surface area contributed by atoms with Crippen LogP contribution in [0.15, 0.2) is 60.7 Å². The van der Waals surface area contributed by atoms with E-state index >= 15 is 0 Å². The second-order valence-corrected chi connectivity index (χ2v) is 8.43. The first-order valence-electron chi connectivity index (χ1n) is 10.2. The van der Waals surface area contributed by atoms with Gasteiger partial charge in [-0.25, -0.2) is 0 Å². The van der Waals surface area contributed by atoms with E-state index in [0.717, 1.165) is 5.92 Å². The van der Waals surface area contributed by atoms with Gasteiger partial charge in [-0.2, -0.15) is 0 Å². The van der Waals surface area contributed by atoms with Crippen molar-refractivity contribution in [1.82, 2.24) is 0 Å². The van der Waals surface area contributed by atoms with Gasteiger partial charge in [0.25, 0.3) is 0 Å². The average molecular weight is 351 g/mol. The third-order valence-corrected chi connectivity index (χ3v) is 6.38. The zero-order valence-electron chi connectivity index (χ0n) is 16.5. The third kappa shape index (κ3) is 2.67. The van der Waals surface area contributed by atoms with Crippen molar-refractivity contribution in [3.8, 4) is 11.1 Å². The smallest absolute Gasteiger partial charge is 0.00964 e. The van der Waals surface area contributed by atoms with Crippen LogP contribution in [-0.4, -0.2) is 0 Å². The van der Waals surface area contributed by atoms with E-state index in [9.17, 15) is 0 Å². The molecule has 0 heteroatoms. The largest absolute Gasteiger partial charge is 0.0622 e. The molecule has 0 saturated carbocycles. The van der Waals surface area contributed by atoms with Gasteiger partial charge in [-0.3, -0.25) is 0 Å². The fourth-order valence-corrected chi connectivity index (χ4v) is 4.95. The monoisotopic (exact) mass is 350 g/mol. The second kappa shape index (κ2) is 6.23. The van der Waals surface area contributed by atoms with Crippen LogP contribution in [0.1, 0.15) is 35.6 Å². The lowest BCUT2D eigenvalue weighted by molar-refractivity contribution is 0.503. The molecule has 1 aliphatic rings. The van der Waals surface area contributed by atoms with Crippen molar-refractivity contribution in [2.75, 3.05) is 0 Å². The van der Waals surface area contributed by atoms with E-state index in [1.807, 2.05) is 0 Å². The van der Waals surface area contributed by atoms with Gasteiger partial charge in [0.1, 0.15) is 0 Å². The highest BCUT2D eigenvalue weighted by molar-refractivity contribution is 6.07. The van der Waals surface area contributed by atoms with Crippen molar-refractivity contribution in [2.45, 2.75) is 40.0 Å². The summed E-state index contributed by atoms with van der Waals surface area (Å²) in [6.07, 6.45) is 3.75. The quantitative estimate of drug-likeness (QED) is 0.335. The minimum Gasteiger partial charge on any atom is -0.0622 e. The molecule has 27 heavy (non-hydrogen) atoms. The Bertz CT molecular complexity index is 1180. The lowest BCUT2D eigenvalue weighted by Crippen LogP contribution is -2.11. The molecule has 4 aromatic rings. The second-order valence-electron chi connectivity index (χ2n) is 8.43. The van der Waals surface area contributed by atoms with Crippen LogP contribution in [-0.2, 0) is 12.8 Å². The molecule has 4 aromatic carbocycles. The Hall–Kier alpha value is -2.60. The van der Waals surface area contributed by atoms with Gasteiger partial charge >= 0.3 is 0 Å². The maximum Gasteiger partial charge on any atom is -0.00964 e. The van der Waals surface area contributed by atoms with Crippen molar-refractivity contribution in [2.24, 2.45) is 5.92 Å². The van der Waals surface area contributed by atoms with Crippen LogP contribution in [0.4, 0.5) is 0 Å². The Kier molecular flexibility index (Phi) is 3.82. The summed E-state index contributed by atoms with van der Waals surface area (Å²) in [4.78, 5) is 0. The molecule has 1 unspecified atom stereocenters. The molecular weight excluding hydrogens is 324 g/mol. The fraction of sp³-hybridized carbons (Fsp3) is 0.259. The summed E-state index contributed by atoms with van der Waals surface area (Å²) in [5.74, 6) is 0.806. The van der Waals surface area contributed by atoms with Crippen LogP contribution in [0.25, 0.3) is 32.7 Å². The standard InChI is InChI=1S/C27H26/c1-17-8-11-22-20(14-17)10-13-25-26(22)15-18(2)16-27(25)24-12-9-19(3)21-6-4-5-7-23(21)24/h4-7,9-10,12-13,15-17H,8,11,14H2,1-3H3. The van der Waals surface area contributed by atoms with Crippen LogP contribution in [0.2, 0.25) is 0 Å². The molecule has 134 valence electrons. The van der Waals surface area contributed by atoms with E-state index in [4.69, 9.17) is 0 Å². The Labute approximate surface area is 161 Å².